The van der Waals surface area contributed by atoms with Crippen LogP contribution in [0.3, 0.4) is 0 Å². The smallest absolute Gasteiger partial charge is 0.371 e. The molecule has 1 aromatic carbocycles. The van der Waals surface area contributed by atoms with Gasteiger partial charge in [-0.3, -0.25) is 9.69 Å². The molecule has 0 spiro atoms. The summed E-state index contributed by atoms with van der Waals surface area (Å²) < 4.78 is 91.6. The van der Waals surface area contributed by atoms with E-state index >= 15 is 0 Å². The number of alkyl halides is 7. The molecule has 0 saturated carbocycles. The average Bonchev–Trinajstić information content (AvgIpc) is 3.21. The van der Waals surface area contributed by atoms with Crippen molar-refractivity contribution in [2.45, 2.75) is 44.7 Å². The van der Waals surface area contributed by atoms with E-state index in [2.05, 4.69) is 10.2 Å². The summed E-state index contributed by atoms with van der Waals surface area (Å²) in [6.45, 7) is 5.31. The second-order valence-corrected chi connectivity index (χ2v) is 8.84. The molecular weight excluding hydrogens is 467 g/mol. The van der Waals surface area contributed by atoms with E-state index in [9.17, 15) is 35.5 Å². The highest BCUT2D eigenvalue weighted by Crippen LogP contribution is 2.36. The van der Waals surface area contributed by atoms with E-state index in [-0.39, 0.29) is 18.5 Å². The van der Waals surface area contributed by atoms with Gasteiger partial charge >= 0.3 is 12.4 Å². The van der Waals surface area contributed by atoms with Crippen LogP contribution < -0.4 is 5.32 Å². The zero-order valence-corrected chi connectivity index (χ0v) is 18.8. The molecule has 1 aromatic rings. The standard InChI is InChI=1S/C23H28F7N3O/c1-2-20(33-8-5-19(24)13-33)14-32-6-3-15(4-7-32)12-31-21(34)16-9-17(22(25,26)27)11-18(10-16)23(28,29)30/h2,9-11,15,19H,3-8,12-14H2,1H3,(H,31,34)/b20-2+. The summed E-state index contributed by atoms with van der Waals surface area (Å²) >= 11 is 0. The van der Waals surface area contributed by atoms with E-state index in [0.29, 0.717) is 38.2 Å². The van der Waals surface area contributed by atoms with E-state index < -0.39 is 41.1 Å². The van der Waals surface area contributed by atoms with Crippen molar-refractivity contribution in [2.75, 3.05) is 39.3 Å². The summed E-state index contributed by atoms with van der Waals surface area (Å²) in [4.78, 5) is 16.6. The Labute approximate surface area is 193 Å². The molecule has 0 bridgehead atoms. The van der Waals surface area contributed by atoms with Gasteiger partial charge in [-0.1, -0.05) is 6.08 Å². The highest BCUT2D eigenvalue weighted by atomic mass is 19.4. The largest absolute Gasteiger partial charge is 0.416 e. The Morgan fingerprint density at radius 3 is 2.06 bits per heavy atom. The van der Waals surface area contributed by atoms with Crippen LogP contribution in [0.2, 0.25) is 0 Å². The number of benzene rings is 1. The summed E-state index contributed by atoms with van der Waals surface area (Å²) in [5.74, 6) is -0.908. The zero-order chi connectivity index (χ0) is 25.1. The first-order chi connectivity index (χ1) is 15.9. The van der Waals surface area contributed by atoms with Crippen LogP contribution in [-0.4, -0.2) is 61.1 Å². The third kappa shape index (κ3) is 6.86. The molecule has 190 valence electrons. The van der Waals surface area contributed by atoms with Crippen LogP contribution in [0.15, 0.2) is 30.0 Å². The van der Waals surface area contributed by atoms with Gasteiger partial charge in [0.2, 0.25) is 0 Å². The number of amides is 1. The maximum atomic E-state index is 13.5. The number of piperidine rings is 1. The van der Waals surface area contributed by atoms with Crippen LogP contribution in [0.5, 0.6) is 0 Å². The number of allylic oxidation sites excluding steroid dienone is 1. The number of hydrogen-bond acceptors (Lipinski definition) is 3. The van der Waals surface area contributed by atoms with Crippen LogP contribution in [0.25, 0.3) is 0 Å². The van der Waals surface area contributed by atoms with Gasteiger partial charge in [0.25, 0.3) is 5.91 Å². The van der Waals surface area contributed by atoms with E-state index in [4.69, 9.17) is 0 Å². The lowest BCUT2D eigenvalue weighted by Crippen LogP contribution is -2.41. The predicted molar refractivity (Wildman–Crippen MR) is 113 cm³/mol. The van der Waals surface area contributed by atoms with Crippen LogP contribution >= 0.6 is 0 Å². The minimum atomic E-state index is -5.00. The van der Waals surface area contributed by atoms with Crippen LogP contribution in [0.1, 0.15) is 47.7 Å². The Bertz CT molecular complexity index is 857. The topological polar surface area (TPSA) is 35.6 Å². The van der Waals surface area contributed by atoms with E-state index in [1.165, 1.54) is 0 Å². The molecule has 3 rings (SSSR count). The van der Waals surface area contributed by atoms with Crippen LogP contribution in [0, 0.1) is 5.92 Å². The second kappa shape index (κ2) is 10.5. The van der Waals surface area contributed by atoms with E-state index in [0.717, 1.165) is 31.6 Å². The zero-order valence-electron chi connectivity index (χ0n) is 18.8. The normalized spacial score (nSPS) is 21.2. The number of rotatable bonds is 6. The Kier molecular flexibility index (Phi) is 8.15. The van der Waals surface area contributed by atoms with Crippen molar-refractivity contribution in [3.63, 3.8) is 0 Å². The number of nitrogens with one attached hydrogen (secondary N) is 1. The number of carbonyl (C=O) groups is 1. The molecule has 1 amide bonds. The fourth-order valence-electron chi connectivity index (χ4n) is 4.36. The molecule has 2 saturated heterocycles. The molecular formula is C23H28F7N3O. The van der Waals surface area contributed by atoms with E-state index in [1.807, 2.05) is 17.9 Å². The number of nitrogens with zero attached hydrogens (tertiary/aromatic N) is 2. The third-order valence-corrected chi connectivity index (χ3v) is 6.36. The Morgan fingerprint density at radius 1 is 1.00 bits per heavy atom. The van der Waals surface area contributed by atoms with Crippen LogP contribution in [0.4, 0.5) is 30.7 Å². The average molecular weight is 495 g/mol. The quantitative estimate of drug-likeness (QED) is 0.557. The first-order valence-corrected chi connectivity index (χ1v) is 11.2. The second-order valence-electron chi connectivity index (χ2n) is 8.84. The summed E-state index contributed by atoms with van der Waals surface area (Å²) in [5, 5.41) is 2.49. The predicted octanol–water partition coefficient (Wildman–Crippen LogP) is 5.11. The third-order valence-electron chi connectivity index (χ3n) is 6.36. The number of likely N-dealkylation sites (tertiary alicyclic amines) is 2. The first kappa shape index (κ1) is 26.3. The molecule has 0 aliphatic carbocycles. The summed E-state index contributed by atoms with van der Waals surface area (Å²) in [5.41, 5.74) is -2.64. The van der Waals surface area contributed by atoms with Crippen molar-refractivity contribution in [3.8, 4) is 0 Å². The Morgan fingerprint density at radius 2 is 1.59 bits per heavy atom. The van der Waals surface area contributed by atoms with Gasteiger partial charge in [-0.2, -0.15) is 26.3 Å². The molecule has 2 heterocycles. The fraction of sp³-hybridized carbons (Fsp3) is 0.609. The van der Waals surface area contributed by atoms with Gasteiger partial charge in [0.05, 0.1) is 11.1 Å². The molecule has 2 aliphatic heterocycles. The van der Waals surface area contributed by atoms with Crippen molar-refractivity contribution in [3.05, 3.63) is 46.7 Å². The number of halogens is 7. The Balaban J connectivity index is 1.53. The lowest BCUT2D eigenvalue weighted by Gasteiger charge is -2.34. The van der Waals surface area contributed by atoms with E-state index in [1.54, 1.807) is 0 Å². The molecule has 2 aliphatic rings. The van der Waals surface area contributed by atoms with Gasteiger partial charge in [-0.15, -0.1) is 0 Å². The molecule has 11 heteroatoms. The maximum absolute atomic E-state index is 13.5. The number of hydrogen-bond donors (Lipinski definition) is 1. The molecule has 0 radical (unpaired) electrons. The highest BCUT2D eigenvalue weighted by molar-refractivity contribution is 5.94. The maximum Gasteiger partial charge on any atom is 0.416 e. The summed E-state index contributed by atoms with van der Waals surface area (Å²) in [6, 6.07) is 0.875. The molecule has 2 fully saturated rings. The van der Waals surface area contributed by atoms with Crippen molar-refractivity contribution < 1.29 is 35.5 Å². The summed E-state index contributed by atoms with van der Waals surface area (Å²) in [7, 11) is 0. The molecule has 4 nitrogen and oxygen atoms in total. The van der Waals surface area contributed by atoms with Gasteiger partial charge in [-0.25, -0.2) is 4.39 Å². The molecule has 34 heavy (non-hydrogen) atoms. The lowest BCUT2D eigenvalue weighted by molar-refractivity contribution is -0.143. The van der Waals surface area contributed by atoms with Gasteiger partial charge in [0.1, 0.15) is 6.17 Å². The SMILES string of the molecule is C/C=C(\CN1CCC(CNC(=O)c2cc(C(F)(F)F)cc(C(F)(F)F)c2)CC1)N1CCC(F)C1. The lowest BCUT2D eigenvalue weighted by atomic mass is 9.96. The van der Waals surface area contributed by atoms with Gasteiger partial charge in [-0.05, 0) is 63.4 Å². The Hall–Kier alpha value is -2.30. The highest BCUT2D eigenvalue weighted by Gasteiger charge is 2.37. The number of carbonyl (C=O) groups excluding carboxylic acids is 1. The van der Waals surface area contributed by atoms with Gasteiger partial charge < -0.3 is 10.2 Å². The van der Waals surface area contributed by atoms with Crippen molar-refractivity contribution in [2.24, 2.45) is 5.92 Å². The molecule has 1 atom stereocenters. The minimum Gasteiger partial charge on any atom is -0.371 e. The van der Waals surface area contributed by atoms with Crippen molar-refractivity contribution in [1.29, 1.82) is 0 Å². The first-order valence-electron chi connectivity index (χ1n) is 11.2. The fourth-order valence-corrected chi connectivity index (χ4v) is 4.36. The molecule has 1 unspecified atom stereocenters. The monoisotopic (exact) mass is 495 g/mol. The minimum absolute atomic E-state index is 0.00137. The van der Waals surface area contributed by atoms with Gasteiger partial charge in [0.15, 0.2) is 0 Å². The van der Waals surface area contributed by atoms with Crippen molar-refractivity contribution >= 4 is 5.91 Å². The van der Waals surface area contributed by atoms with Crippen molar-refractivity contribution in [1.82, 2.24) is 15.1 Å². The summed E-state index contributed by atoms with van der Waals surface area (Å²) in [6.07, 6.45) is -6.87. The molecule has 1 N–H and O–H groups in total. The van der Waals surface area contributed by atoms with Gasteiger partial charge in [0, 0.05) is 37.4 Å². The molecule has 0 aromatic heterocycles. The van der Waals surface area contributed by atoms with Crippen LogP contribution in [-0.2, 0) is 12.4 Å².